The summed E-state index contributed by atoms with van der Waals surface area (Å²) in [4.78, 5) is 23.2. The monoisotopic (exact) mass is 800 g/mol. The first-order valence-corrected chi connectivity index (χ1v) is 13.5. The molecule has 2 saturated heterocycles. The van der Waals surface area contributed by atoms with Gasteiger partial charge in [-0.1, -0.05) is 13.8 Å². The Morgan fingerprint density at radius 3 is 1.43 bits per heavy atom. The maximum absolute atomic E-state index is 13.9. The summed E-state index contributed by atoms with van der Waals surface area (Å²) >= 11 is 0. The number of hydrogen-bond acceptors (Lipinski definition) is 9. The summed E-state index contributed by atoms with van der Waals surface area (Å²) in [5.41, 5.74) is -6.59. The Labute approximate surface area is 272 Å². The molecule has 3 N–H and O–H groups in total. The van der Waals surface area contributed by atoms with Gasteiger partial charge in [-0.15, -0.1) is 0 Å². The van der Waals surface area contributed by atoms with E-state index in [0.29, 0.717) is 6.92 Å². The molecule has 2 heterocycles. The summed E-state index contributed by atoms with van der Waals surface area (Å²) in [6.45, 7) is -1.72. The first-order valence-electron chi connectivity index (χ1n) is 13.5. The van der Waals surface area contributed by atoms with Crippen LogP contribution in [0.25, 0.3) is 0 Å². The van der Waals surface area contributed by atoms with Crippen molar-refractivity contribution in [2.75, 3.05) is 13.2 Å². The molecule has 2 fully saturated rings. The number of aliphatic hydroxyl groups is 3. The number of carbonyl (C=O) groups excluding carboxylic acids is 2. The summed E-state index contributed by atoms with van der Waals surface area (Å²) in [5, 5.41) is 27.2. The lowest BCUT2D eigenvalue weighted by molar-refractivity contribution is -0.480. The van der Waals surface area contributed by atoms with E-state index in [0.717, 1.165) is 13.8 Å². The third-order valence-corrected chi connectivity index (χ3v) is 8.07. The molecule has 0 spiro atoms. The number of aliphatic hydroxyl groups excluding tert-OH is 1. The average Bonchev–Trinajstić information content (AvgIpc) is 3.13. The zero-order valence-corrected chi connectivity index (χ0v) is 25.7. The molecular formula is C24H26F18O9. The molecule has 0 bridgehead atoms. The predicted molar refractivity (Wildman–Crippen MR) is 123 cm³/mol. The Hall–Kier alpha value is -2.52. The quantitative estimate of drug-likeness (QED) is 0.223. The van der Waals surface area contributed by atoms with E-state index in [1.807, 2.05) is 0 Å². The molecule has 302 valence electrons. The van der Waals surface area contributed by atoms with E-state index in [1.54, 1.807) is 0 Å². The van der Waals surface area contributed by atoms with Gasteiger partial charge in [0.2, 0.25) is 6.10 Å². The van der Waals surface area contributed by atoms with Crippen molar-refractivity contribution in [1.82, 2.24) is 0 Å². The largest absolute Gasteiger partial charge is 0.462 e. The van der Waals surface area contributed by atoms with E-state index in [-0.39, 0.29) is 6.92 Å². The van der Waals surface area contributed by atoms with E-state index in [1.165, 1.54) is 0 Å². The van der Waals surface area contributed by atoms with Crippen molar-refractivity contribution in [1.29, 1.82) is 0 Å². The summed E-state index contributed by atoms with van der Waals surface area (Å²) in [7, 11) is 0. The van der Waals surface area contributed by atoms with Crippen LogP contribution in [0.2, 0.25) is 0 Å². The number of alkyl halides is 18. The van der Waals surface area contributed by atoms with E-state index in [9.17, 15) is 93.7 Å². The van der Waals surface area contributed by atoms with Crippen LogP contribution in [0.3, 0.4) is 0 Å². The van der Waals surface area contributed by atoms with Crippen LogP contribution in [0.4, 0.5) is 79.0 Å². The first-order chi connectivity index (χ1) is 22.2. The number of rotatable bonds is 7. The fraction of sp³-hybridized carbons (Fsp3) is 0.917. The highest BCUT2D eigenvalue weighted by Gasteiger charge is 2.82. The lowest BCUT2D eigenvalue weighted by Crippen LogP contribution is -2.74. The maximum Gasteiger partial charge on any atom is 0.449 e. The fourth-order valence-corrected chi connectivity index (χ4v) is 3.90. The highest BCUT2D eigenvalue weighted by molar-refractivity contribution is 5.78. The van der Waals surface area contributed by atoms with Crippen molar-refractivity contribution in [2.45, 2.75) is 113 Å². The van der Waals surface area contributed by atoms with Gasteiger partial charge >= 0.3 is 66.0 Å². The highest BCUT2D eigenvalue weighted by Crippen LogP contribution is 2.54. The molecule has 2 aliphatic rings. The molecule has 0 saturated carbocycles. The van der Waals surface area contributed by atoms with Crippen molar-refractivity contribution in [3.63, 3.8) is 0 Å². The second-order valence-electron chi connectivity index (χ2n) is 11.4. The Bertz CT molecular complexity index is 1270. The molecule has 0 aromatic rings. The minimum Gasteiger partial charge on any atom is -0.462 e. The fourth-order valence-electron chi connectivity index (χ4n) is 3.90. The van der Waals surface area contributed by atoms with E-state index in [2.05, 4.69) is 18.9 Å². The van der Waals surface area contributed by atoms with Gasteiger partial charge in [-0.3, -0.25) is 9.59 Å². The molecule has 7 unspecified atom stereocenters. The number of carbonyl (C=O) groups is 2. The van der Waals surface area contributed by atoms with Crippen molar-refractivity contribution >= 4 is 11.9 Å². The molecular weight excluding hydrogens is 774 g/mol. The Morgan fingerprint density at radius 1 is 0.706 bits per heavy atom. The van der Waals surface area contributed by atoms with E-state index < -0.39 is 121 Å². The van der Waals surface area contributed by atoms with Crippen LogP contribution in [0, 0.1) is 10.8 Å². The van der Waals surface area contributed by atoms with Gasteiger partial charge in [0.15, 0.2) is 16.9 Å². The number of hydrogen-bond donors (Lipinski definition) is 3. The molecule has 2 rings (SSSR count). The molecule has 7 atom stereocenters. The summed E-state index contributed by atoms with van der Waals surface area (Å²) in [6.07, 6.45) is -35.0. The molecule has 0 aromatic heterocycles. The van der Waals surface area contributed by atoms with Gasteiger partial charge in [0.05, 0.1) is 0 Å². The zero-order valence-electron chi connectivity index (χ0n) is 25.7. The molecule has 0 aliphatic carbocycles. The van der Waals surface area contributed by atoms with Gasteiger partial charge in [0.1, 0.15) is 19.3 Å². The first kappa shape index (κ1) is 46.5. The minimum atomic E-state index is -6.32. The molecule has 0 aromatic carbocycles. The van der Waals surface area contributed by atoms with Crippen molar-refractivity contribution in [2.24, 2.45) is 10.8 Å². The maximum atomic E-state index is 13.9. The molecule has 2 aliphatic heterocycles. The molecule has 27 heteroatoms. The van der Waals surface area contributed by atoms with Gasteiger partial charge in [-0.25, -0.2) is 0 Å². The van der Waals surface area contributed by atoms with E-state index >= 15 is 0 Å². The van der Waals surface area contributed by atoms with Crippen molar-refractivity contribution in [3.8, 4) is 0 Å². The lowest BCUT2D eigenvalue weighted by atomic mass is 9.86. The highest BCUT2D eigenvalue weighted by atomic mass is 19.4. The lowest BCUT2D eigenvalue weighted by Gasteiger charge is -2.46. The normalized spacial score (nSPS) is 31.7. The summed E-state index contributed by atoms with van der Waals surface area (Å²) < 4.78 is 249. The van der Waals surface area contributed by atoms with Crippen LogP contribution in [0.1, 0.15) is 40.5 Å². The van der Waals surface area contributed by atoms with E-state index in [4.69, 9.17) is 10.2 Å². The number of esters is 2. The minimum absolute atomic E-state index is 0.140. The van der Waals surface area contributed by atoms with Gasteiger partial charge in [-0.2, -0.15) is 79.0 Å². The third kappa shape index (κ3) is 7.76. The average molecular weight is 800 g/mol. The Balaban J connectivity index is 0.000000510. The van der Waals surface area contributed by atoms with Crippen LogP contribution in [-0.4, -0.2) is 113 Å². The molecule has 51 heavy (non-hydrogen) atoms. The zero-order chi connectivity index (χ0) is 41.0. The third-order valence-electron chi connectivity index (χ3n) is 8.07. The number of ether oxygens (including phenoxy) is 4. The van der Waals surface area contributed by atoms with Crippen LogP contribution >= 0.6 is 0 Å². The SMILES string of the molecule is CCC(C)(C(=O)OC1C(F)(F)COC(O)(C(F)(F)F)C1(F)F)C(F)(F)F.CCC(C)(C(=O)OCC1OC(O)(C(F)(F)F)C(F)(F)C1O)C(F)(F)F. The predicted octanol–water partition coefficient (Wildman–Crippen LogP) is 5.58. The molecule has 0 radical (unpaired) electrons. The van der Waals surface area contributed by atoms with Gasteiger partial charge in [-0.05, 0) is 26.7 Å². The van der Waals surface area contributed by atoms with Gasteiger partial charge in [0.25, 0.3) is 0 Å². The van der Waals surface area contributed by atoms with Crippen LogP contribution in [0.5, 0.6) is 0 Å². The van der Waals surface area contributed by atoms with Gasteiger partial charge < -0.3 is 34.3 Å². The van der Waals surface area contributed by atoms with Gasteiger partial charge in [0, 0.05) is 0 Å². The smallest absolute Gasteiger partial charge is 0.449 e. The molecule has 0 amide bonds. The van der Waals surface area contributed by atoms with Crippen LogP contribution in [0.15, 0.2) is 0 Å². The summed E-state index contributed by atoms with van der Waals surface area (Å²) in [5.74, 6) is -31.4. The van der Waals surface area contributed by atoms with Crippen molar-refractivity contribution < 1.29 is 123 Å². The standard InChI is InChI=1S/C12H12F10O4.C12H14F8O5/c1-3-7(2,11(17,18)19)6(23)26-5-8(13,14)4-25-10(24,9(5,15)16)12(20,21)22;1-3-8(2,11(15,16)17)7(22)24-4-5-6(21)9(13,14)10(23,25-5)12(18,19)20/h5,24H,3-4H2,1-2H3;5-6,21,23H,3-4H2,1-2H3. The van der Waals surface area contributed by atoms with Crippen LogP contribution < -0.4 is 0 Å². The Kier molecular flexibility index (Phi) is 12.5. The topological polar surface area (TPSA) is 132 Å². The van der Waals surface area contributed by atoms with Crippen molar-refractivity contribution in [3.05, 3.63) is 0 Å². The summed E-state index contributed by atoms with van der Waals surface area (Å²) in [6, 6.07) is 0. The number of halogens is 18. The van der Waals surface area contributed by atoms with Crippen LogP contribution in [-0.2, 0) is 28.5 Å². The Morgan fingerprint density at radius 2 is 1.10 bits per heavy atom. The molecule has 9 nitrogen and oxygen atoms in total. The second-order valence-corrected chi connectivity index (χ2v) is 11.4. The second kappa shape index (κ2) is 13.7.